The van der Waals surface area contributed by atoms with Crippen LogP contribution in [0.1, 0.15) is 101 Å². The molecule has 11 nitrogen and oxygen atoms in total. The van der Waals surface area contributed by atoms with Crippen molar-refractivity contribution in [1.82, 2.24) is 4.98 Å². The predicted molar refractivity (Wildman–Crippen MR) is 187 cm³/mol. The molecule has 2 rings (SSSR count). The summed E-state index contributed by atoms with van der Waals surface area (Å²) in [7, 11) is 0. The summed E-state index contributed by atoms with van der Waals surface area (Å²) in [6.07, 6.45) is 0.518. The highest BCUT2D eigenvalue weighted by atomic mass is 16.6. The number of aliphatic imine (C=N–C) groups is 1. The summed E-state index contributed by atoms with van der Waals surface area (Å²) in [6, 6.07) is 5.19. The molecule has 3 N–H and O–H groups in total. The van der Waals surface area contributed by atoms with Gasteiger partial charge in [-0.05, 0) is 82.3 Å². The largest absolute Gasteiger partial charge is 0.459 e. The number of nitrogen functional groups attached to an aromatic ring is 1. The van der Waals surface area contributed by atoms with Crippen molar-refractivity contribution in [2.24, 2.45) is 45.7 Å². The van der Waals surface area contributed by atoms with Crippen LogP contribution in [0.25, 0.3) is 0 Å². The second-order valence-corrected chi connectivity index (χ2v) is 13.3. The molecule has 9 atom stereocenters. The molecule has 11 heteroatoms. The molecule has 266 valence electrons. The number of aliphatic hydroxyl groups is 1. The molecular weight excluding hydrogens is 612 g/mol. The van der Waals surface area contributed by atoms with Gasteiger partial charge in [-0.1, -0.05) is 58.7 Å². The summed E-state index contributed by atoms with van der Waals surface area (Å²) >= 11 is 0. The molecule has 0 aromatic carbocycles. The van der Waals surface area contributed by atoms with E-state index in [1.165, 1.54) is 6.92 Å². The minimum Gasteiger partial charge on any atom is -0.459 e. The fourth-order valence-electron chi connectivity index (χ4n) is 6.23. The molecule has 1 aromatic rings. The van der Waals surface area contributed by atoms with E-state index in [1.807, 2.05) is 41.5 Å². The highest BCUT2D eigenvalue weighted by Crippen LogP contribution is 2.38. The lowest BCUT2D eigenvalue weighted by atomic mass is 9.70. The summed E-state index contributed by atoms with van der Waals surface area (Å²) in [5.41, 5.74) is 5.94. The molecule has 1 aliphatic rings. The molecule has 0 bridgehead atoms. The number of hydrogen-bond acceptors (Lipinski definition) is 10. The number of pyridine rings is 1. The number of aromatic nitrogens is 1. The van der Waals surface area contributed by atoms with Crippen molar-refractivity contribution in [2.45, 2.75) is 113 Å². The standard InChI is InChI=1S/C37H56N4O7/c1-11-22(3)34(39-28(9)42)25(6)31-19-18-30(41-47-20-14-16-29-15-13-17-33(38)40-29)21-46-27(8)23(4)24(5)35(43)26(7)36(44)48-32(12-2)37(31,10)45/h13,15,17,22-27,31-32,45H,11-12,18-21H2,1-10H3,(H2,38,40)/b39-34?,41-30+/t22-,23-,24-,25-,26-,27-,31-,32-,37+/m1/s1. The number of Topliss-reactive ketones (excluding diaryl/α,β-unsaturated/α-hetero) is 1. The van der Waals surface area contributed by atoms with Crippen molar-refractivity contribution in [3.8, 4) is 11.8 Å². The van der Waals surface area contributed by atoms with E-state index in [-0.39, 0.29) is 48.8 Å². The van der Waals surface area contributed by atoms with Gasteiger partial charge < -0.3 is 25.2 Å². The van der Waals surface area contributed by atoms with Crippen LogP contribution in [0.15, 0.2) is 28.3 Å². The third-order valence-corrected chi connectivity index (χ3v) is 9.84. The number of cyclic esters (lactones) is 1. The first-order chi connectivity index (χ1) is 22.5. The van der Waals surface area contributed by atoms with Gasteiger partial charge in [0, 0.05) is 24.5 Å². The van der Waals surface area contributed by atoms with Crippen LogP contribution in [-0.2, 0) is 28.7 Å². The van der Waals surface area contributed by atoms with Crippen LogP contribution < -0.4 is 5.73 Å². The number of ether oxygens (including phenoxy) is 2. The number of nitrogens with two attached hydrogens (primary N) is 1. The van der Waals surface area contributed by atoms with Gasteiger partial charge in [0.1, 0.15) is 34.9 Å². The number of rotatable bonds is 7. The molecule has 1 aliphatic heterocycles. The summed E-state index contributed by atoms with van der Waals surface area (Å²) in [6.45, 7) is 18.1. The molecule has 2 heterocycles. The van der Waals surface area contributed by atoms with Gasteiger partial charge in [-0.25, -0.2) is 9.98 Å². The van der Waals surface area contributed by atoms with Crippen molar-refractivity contribution in [1.29, 1.82) is 0 Å². The first-order valence-electron chi connectivity index (χ1n) is 17.1. The van der Waals surface area contributed by atoms with Crippen LogP contribution in [-0.4, -0.2) is 70.2 Å². The molecule has 1 saturated heterocycles. The minimum absolute atomic E-state index is 0.00972. The van der Waals surface area contributed by atoms with E-state index in [0.717, 1.165) is 6.42 Å². The van der Waals surface area contributed by atoms with Gasteiger partial charge in [-0.2, -0.15) is 0 Å². The van der Waals surface area contributed by atoms with E-state index in [2.05, 4.69) is 27.0 Å². The second kappa shape index (κ2) is 18.8. The van der Waals surface area contributed by atoms with Crippen molar-refractivity contribution >= 4 is 34.9 Å². The Bertz CT molecular complexity index is 1380. The molecule has 0 spiro atoms. The normalized spacial score (nSPS) is 30.2. The topological polar surface area (TPSA) is 163 Å². The van der Waals surface area contributed by atoms with Crippen molar-refractivity contribution in [3.05, 3.63) is 23.9 Å². The molecule has 1 amide bonds. The monoisotopic (exact) mass is 668 g/mol. The number of oxime groups is 1. The highest BCUT2D eigenvalue weighted by Gasteiger charge is 2.46. The van der Waals surface area contributed by atoms with E-state index in [9.17, 15) is 19.5 Å². The maximum Gasteiger partial charge on any atom is 0.316 e. The molecular formula is C37H56N4O7. The average Bonchev–Trinajstić information content (AvgIpc) is 3.05. The zero-order chi connectivity index (χ0) is 36.2. The van der Waals surface area contributed by atoms with E-state index < -0.39 is 35.4 Å². The van der Waals surface area contributed by atoms with E-state index in [1.54, 1.807) is 39.0 Å². The molecule has 0 saturated carbocycles. The summed E-state index contributed by atoms with van der Waals surface area (Å²) in [5.74, 6) is 2.23. The van der Waals surface area contributed by atoms with Gasteiger partial charge in [-0.15, -0.1) is 0 Å². The van der Waals surface area contributed by atoms with Crippen LogP contribution >= 0.6 is 0 Å². The lowest BCUT2D eigenvalue weighted by Crippen LogP contribution is -2.52. The first kappa shape index (κ1) is 40.6. The maximum absolute atomic E-state index is 13.4. The number of hydrogen-bond donors (Lipinski definition) is 2. The molecule has 48 heavy (non-hydrogen) atoms. The number of anilines is 1. The van der Waals surface area contributed by atoms with E-state index in [4.69, 9.17) is 20.0 Å². The summed E-state index contributed by atoms with van der Waals surface area (Å²) in [4.78, 5) is 53.2. The molecule has 0 aliphatic carbocycles. The van der Waals surface area contributed by atoms with Gasteiger partial charge in [0.25, 0.3) is 0 Å². The Morgan fingerprint density at radius 3 is 2.50 bits per heavy atom. The van der Waals surface area contributed by atoms with Gasteiger partial charge in [0.15, 0.2) is 6.61 Å². The zero-order valence-corrected chi connectivity index (χ0v) is 30.4. The Morgan fingerprint density at radius 2 is 1.90 bits per heavy atom. The van der Waals surface area contributed by atoms with Crippen molar-refractivity contribution < 1.29 is 33.8 Å². The molecule has 0 unspecified atom stereocenters. The second-order valence-electron chi connectivity index (χ2n) is 13.3. The quantitative estimate of drug-likeness (QED) is 0.0964. The first-order valence-corrected chi connectivity index (χ1v) is 17.1. The Hall–Kier alpha value is -3.62. The maximum atomic E-state index is 13.4. The fraction of sp³-hybridized carbons (Fsp3) is 0.676. The van der Waals surface area contributed by atoms with Gasteiger partial charge in [0.2, 0.25) is 5.91 Å². The average molecular weight is 669 g/mol. The van der Waals surface area contributed by atoms with Crippen LogP contribution in [0.2, 0.25) is 0 Å². The Balaban J connectivity index is 2.58. The Labute approximate surface area is 286 Å². The Kier molecular flexibility index (Phi) is 15.9. The summed E-state index contributed by atoms with van der Waals surface area (Å²) in [5, 5.41) is 16.7. The van der Waals surface area contributed by atoms with Gasteiger partial charge in [-0.3, -0.25) is 14.4 Å². The van der Waals surface area contributed by atoms with Crippen LogP contribution in [0.4, 0.5) is 5.82 Å². The lowest BCUT2D eigenvalue weighted by molar-refractivity contribution is -0.178. The Morgan fingerprint density at radius 1 is 1.21 bits per heavy atom. The SMILES string of the molecule is CC[C@@H](C)C(=NC(C)=O)[C@H](C)[C@H]1CC/C(=N\OCC#Cc2cccc(N)n2)CO[C@H](C)[C@H](C)[C@@H](C)C(=O)[C@@H](C)C(=O)O[C@H](CC)[C@@]1(C)O. The van der Waals surface area contributed by atoms with Crippen LogP contribution in [0.5, 0.6) is 0 Å². The molecule has 1 aromatic heterocycles. The number of amides is 1. The van der Waals surface area contributed by atoms with Gasteiger partial charge >= 0.3 is 5.97 Å². The molecule has 0 radical (unpaired) electrons. The zero-order valence-electron chi connectivity index (χ0n) is 30.4. The van der Waals surface area contributed by atoms with Crippen LogP contribution in [0, 0.1) is 47.3 Å². The number of carbonyl (C=O) groups excluding carboxylic acids is 3. The third kappa shape index (κ3) is 11.2. The van der Waals surface area contributed by atoms with Gasteiger partial charge in [0.05, 0.1) is 18.4 Å². The fourth-order valence-corrected chi connectivity index (χ4v) is 6.23. The minimum atomic E-state index is -1.56. The lowest BCUT2D eigenvalue weighted by Gasteiger charge is -2.43. The number of carbonyl (C=O) groups is 3. The van der Waals surface area contributed by atoms with Crippen LogP contribution in [0.3, 0.4) is 0 Å². The highest BCUT2D eigenvalue weighted by molar-refractivity contribution is 6.00. The van der Waals surface area contributed by atoms with Crippen molar-refractivity contribution in [2.75, 3.05) is 18.9 Å². The smallest absolute Gasteiger partial charge is 0.316 e. The number of esters is 1. The third-order valence-electron chi connectivity index (χ3n) is 9.84. The van der Waals surface area contributed by atoms with Crippen molar-refractivity contribution in [3.63, 3.8) is 0 Å². The van der Waals surface area contributed by atoms with E-state index in [0.29, 0.717) is 42.2 Å². The van der Waals surface area contributed by atoms with E-state index >= 15 is 0 Å². The summed E-state index contributed by atoms with van der Waals surface area (Å²) < 4.78 is 12.2. The molecule has 1 fully saturated rings. The number of ketones is 1. The predicted octanol–water partition coefficient (Wildman–Crippen LogP) is 5.42. The number of nitrogens with zero attached hydrogens (tertiary/aromatic N) is 3.